The van der Waals surface area contributed by atoms with Crippen molar-refractivity contribution in [2.24, 2.45) is 5.92 Å². The van der Waals surface area contributed by atoms with Crippen molar-refractivity contribution >= 4 is 45.8 Å². The zero-order chi connectivity index (χ0) is 20.1. The zero-order valence-electron chi connectivity index (χ0n) is 15.3. The van der Waals surface area contributed by atoms with Gasteiger partial charge in [-0.1, -0.05) is 18.5 Å². The van der Waals surface area contributed by atoms with Gasteiger partial charge in [0, 0.05) is 41.6 Å². The highest BCUT2D eigenvalue weighted by Gasteiger charge is 2.12. The monoisotopic (exact) mass is 395 g/mol. The Morgan fingerprint density at radius 3 is 2.75 bits per heavy atom. The molecule has 0 aliphatic heterocycles. The van der Waals surface area contributed by atoms with Gasteiger partial charge in [-0.25, -0.2) is 4.39 Å². The average molecular weight is 396 g/mol. The lowest BCUT2D eigenvalue weighted by Crippen LogP contribution is -2.14. The summed E-state index contributed by atoms with van der Waals surface area (Å²) in [6, 6.07) is 12.1. The molecule has 1 unspecified atom stereocenters. The van der Waals surface area contributed by atoms with Crippen molar-refractivity contribution in [1.29, 1.82) is 10.7 Å². The standard InChI is InChI=1S/C21H19ClFN5/c1-2-13(9-24)11-26-15-4-6-20-17(7-15)21(14(10-25)12-27-20)28-16-3-5-19(23)18(22)8-16/h3-9,12-13,24,26H,2,11H2,1H3,(H,27,28). The van der Waals surface area contributed by atoms with Crippen LogP contribution in [0.1, 0.15) is 18.9 Å². The number of anilines is 3. The quantitative estimate of drug-likeness (QED) is 0.446. The number of aromatic nitrogens is 1. The van der Waals surface area contributed by atoms with E-state index in [0.717, 1.165) is 23.0 Å². The molecule has 1 atom stereocenters. The van der Waals surface area contributed by atoms with Gasteiger partial charge in [0.2, 0.25) is 0 Å². The van der Waals surface area contributed by atoms with Crippen molar-refractivity contribution in [3.8, 4) is 6.07 Å². The van der Waals surface area contributed by atoms with E-state index >= 15 is 0 Å². The number of hydrogen-bond donors (Lipinski definition) is 3. The highest BCUT2D eigenvalue weighted by atomic mass is 35.5. The predicted octanol–water partition coefficient (Wildman–Crippen LogP) is 5.73. The lowest BCUT2D eigenvalue weighted by Gasteiger charge is -2.15. The van der Waals surface area contributed by atoms with Crippen LogP contribution in [0.3, 0.4) is 0 Å². The van der Waals surface area contributed by atoms with Gasteiger partial charge in [-0.3, -0.25) is 4.98 Å². The number of rotatable bonds is 7. The molecule has 0 aliphatic carbocycles. The van der Waals surface area contributed by atoms with Gasteiger partial charge in [0.15, 0.2) is 0 Å². The largest absolute Gasteiger partial charge is 0.384 e. The predicted molar refractivity (Wildman–Crippen MR) is 112 cm³/mol. The molecule has 3 aromatic rings. The first-order chi connectivity index (χ1) is 13.5. The molecule has 0 spiro atoms. The fraction of sp³-hybridized carbons (Fsp3) is 0.190. The second kappa shape index (κ2) is 8.68. The summed E-state index contributed by atoms with van der Waals surface area (Å²) in [6.07, 6.45) is 3.82. The summed E-state index contributed by atoms with van der Waals surface area (Å²) >= 11 is 5.87. The first kappa shape index (κ1) is 19.6. The van der Waals surface area contributed by atoms with Crippen molar-refractivity contribution in [3.63, 3.8) is 0 Å². The van der Waals surface area contributed by atoms with Crippen LogP contribution in [0.25, 0.3) is 10.9 Å². The molecule has 1 aromatic heterocycles. The molecule has 3 N–H and O–H groups in total. The molecule has 0 radical (unpaired) electrons. The number of nitrogens with zero attached hydrogens (tertiary/aromatic N) is 2. The van der Waals surface area contributed by atoms with Crippen LogP contribution in [0.5, 0.6) is 0 Å². The Labute approximate surface area is 167 Å². The number of hydrogen-bond acceptors (Lipinski definition) is 5. The lowest BCUT2D eigenvalue weighted by molar-refractivity contribution is 0.628. The minimum absolute atomic E-state index is 0.00137. The van der Waals surface area contributed by atoms with Crippen molar-refractivity contribution in [2.75, 3.05) is 17.2 Å². The highest BCUT2D eigenvalue weighted by Crippen LogP contribution is 2.32. The van der Waals surface area contributed by atoms with E-state index in [1.807, 2.05) is 25.1 Å². The van der Waals surface area contributed by atoms with E-state index < -0.39 is 5.82 Å². The van der Waals surface area contributed by atoms with Gasteiger partial charge >= 0.3 is 0 Å². The van der Waals surface area contributed by atoms with Crippen LogP contribution < -0.4 is 10.6 Å². The number of halogens is 2. The van der Waals surface area contributed by atoms with Gasteiger partial charge in [-0.2, -0.15) is 5.26 Å². The maximum atomic E-state index is 13.5. The van der Waals surface area contributed by atoms with Gasteiger partial charge < -0.3 is 16.0 Å². The van der Waals surface area contributed by atoms with Crippen LogP contribution in [0.2, 0.25) is 5.02 Å². The first-order valence-electron chi connectivity index (χ1n) is 8.85. The van der Waals surface area contributed by atoms with E-state index in [4.69, 9.17) is 17.0 Å². The normalized spacial score (nSPS) is 11.6. The number of fused-ring (bicyclic) bond motifs is 1. The summed E-state index contributed by atoms with van der Waals surface area (Å²) in [5.74, 6) is -0.353. The van der Waals surface area contributed by atoms with Crippen molar-refractivity contribution < 1.29 is 4.39 Å². The van der Waals surface area contributed by atoms with E-state index in [9.17, 15) is 9.65 Å². The van der Waals surface area contributed by atoms with Crippen LogP contribution in [-0.4, -0.2) is 17.7 Å². The van der Waals surface area contributed by atoms with E-state index in [0.29, 0.717) is 23.5 Å². The van der Waals surface area contributed by atoms with Crippen LogP contribution >= 0.6 is 11.6 Å². The summed E-state index contributed by atoms with van der Waals surface area (Å²) in [5.41, 5.74) is 3.11. The topological polar surface area (TPSA) is 84.6 Å². The van der Waals surface area contributed by atoms with Gasteiger partial charge in [-0.05, 0) is 42.8 Å². The molecule has 3 rings (SSSR count). The molecule has 1 heterocycles. The highest BCUT2D eigenvalue weighted by molar-refractivity contribution is 6.31. The molecule has 2 aromatic carbocycles. The molecule has 28 heavy (non-hydrogen) atoms. The zero-order valence-corrected chi connectivity index (χ0v) is 16.0. The molecule has 142 valence electrons. The maximum absolute atomic E-state index is 13.5. The minimum Gasteiger partial charge on any atom is -0.384 e. The van der Waals surface area contributed by atoms with Gasteiger partial charge in [0.1, 0.15) is 11.9 Å². The Balaban J connectivity index is 2.00. The SMILES string of the molecule is CCC(C=N)CNc1ccc2ncc(C#N)c(Nc3ccc(F)c(Cl)c3)c2c1. The van der Waals surface area contributed by atoms with Crippen LogP contribution in [0.15, 0.2) is 42.6 Å². The third-order valence-electron chi connectivity index (χ3n) is 4.51. The summed E-state index contributed by atoms with van der Waals surface area (Å²) < 4.78 is 13.5. The molecule has 7 heteroatoms. The Bertz CT molecular complexity index is 1060. The summed E-state index contributed by atoms with van der Waals surface area (Å²) in [5, 5.41) is 24.2. The fourth-order valence-electron chi connectivity index (χ4n) is 2.81. The Kier molecular flexibility index (Phi) is 6.07. The van der Waals surface area contributed by atoms with E-state index in [1.165, 1.54) is 24.5 Å². The smallest absolute Gasteiger partial charge is 0.141 e. The summed E-state index contributed by atoms with van der Waals surface area (Å²) in [6.45, 7) is 2.68. The third-order valence-corrected chi connectivity index (χ3v) is 4.80. The van der Waals surface area contributed by atoms with Gasteiger partial charge in [0.05, 0.1) is 21.8 Å². The van der Waals surface area contributed by atoms with Crippen molar-refractivity contribution in [2.45, 2.75) is 13.3 Å². The van der Waals surface area contributed by atoms with E-state index in [-0.39, 0.29) is 10.9 Å². The average Bonchev–Trinajstić information content (AvgIpc) is 2.71. The molecule has 0 aliphatic rings. The summed E-state index contributed by atoms with van der Waals surface area (Å²) in [4.78, 5) is 4.34. The molecular weight excluding hydrogens is 377 g/mol. The Morgan fingerprint density at radius 2 is 2.07 bits per heavy atom. The van der Waals surface area contributed by atoms with Gasteiger partial charge in [-0.15, -0.1) is 0 Å². The van der Waals surface area contributed by atoms with Crippen molar-refractivity contribution in [1.82, 2.24) is 4.98 Å². The minimum atomic E-state index is -0.504. The second-order valence-electron chi connectivity index (χ2n) is 6.36. The molecule has 0 saturated carbocycles. The molecule has 0 amide bonds. The Morgan fingerprint density at radius 1 is 1.29 bits per heavy atom. The number of nitriles is 1. The summed E-state index contributed by atoms with van der Waals surface area (Å²) in [7, 11) is 0. The number of nitrogens with one attached hydrogen (secondary N) is 3. The fourth-order valence-corrected chi connectivity index (χ4v) is 2.99. The first-order valence-corrected chi connectivity index (χ1v) is 9.23. The molecule has 5 nitrogen and oxygen atoms in total. The van der Waals surface area contributed by atoms with E-state index in [1.54, 1.807) is 6.07 Å². The maximum Gasteiger partial charge on any atom is 0.141 e. The molecule has 0 saturated heterocycles. The molecule has 0 fully saturated rings. The van der Waals surface area contributed by atoms with E-state index in [2.05, 4.69) is 21.7 Å². The lowest BCUT2D eigenvalue weighted by atomic mass is 10.1. The van der Waals surface area contributed by atoms with Crippen molar-refractivity contribution in [3.05, 3.63) is 59.0 Å². The van der Waals surface area contributed by atoms with Crippen LogP contribution in [-0.2, 0) is 0 Å². The number of benzene rings is 2. The van der Waals surface area contributed by atoms with Crippen LogP contribution in [0, 0.1) is 28.5 Å². The molecule has 0 bridgehead atoms. The van der Waals surface area contributed by atoms with Gasteiger partial charge in [0.25, 0.3) is 0 Å². The molecular formula is C21H19ClFN5. The number of pyridine rings is 1. The van der Waals surface area contributed by atoms with Crippen LogP contribution in [0.4, 0.5) is 21.5 Å². The third kappa shape index (κ3) is 4.21. The Hall–Kier alpha value is -3.17. The second-order valence-corrected chi connectivity index (χ2v) is 6.77.